The summed E-state index contributed by atoms with van der Waals surface area (Å²) in [6, 6.07) is 7.64. The van der Waals surface area contributed by atoms with Gasteiger partial charge in [-0.3, -0.25) is 4.79 Å². The van der Waals surface area contributed by atoms with Crippen molar-refractivity contribution in [2.24, 2.45) is 0 Å². The van der Waals surface area contributed by atoms with E-state index in [9.17, 15) is 4.79 Å². The van der Waals surface area contributed by atoms with Gasteiger partial charge < -0.3 is 0 Å². The Bertz CT molecular complexity index is 531. The molecule has 0 spiro atoms. The van der Waals surface area contributed by atoms with Crippen LogP contribution in [0.15, 0.2) is 36.7 Å². The number of amides is 1. The summed E-state index contributed by atoms with van der Waals surface area (Å²) < 4.78 is 0. The molecule has 2 aromatic rings. The van der Waals surface area contributed by atoms with Crippen molar-refractivity contribution in [3.05, 3.63) is 47.8 Å². The van der Waals surface area contributed by atoms with Crippen molar-refractivity contribution in [3.63, 3.8) is 0 Å². The summed E-state index contributed by atoms with van der Waals surface area (Å²) >= 11 is 5.69. The van der Waals surface area contributed by atoms with Crippen molar-refractivity contribution in [1.29, 1.82) is 0 Å². The van der Waals surface area contributed by atoms with Gasteiger partial charge >= 0.3 is 0 Å². The number of alkyl halides is 1. The minimum Gasteiger partial charge on any atom is -0.271 e. The molecular formula is C13H14ClN3O. The largest absolute Gasteiger partial charge is 0.271 e. The highest BCUT2D eigenvalue weighted by atomic mass is 35.5. The Balaban J connectivity index is 2.57. The fourth-order valence-corrected chi connectivity index (χ4v) is 2.03. The van der Waals surface area contributed by atoms with Crippen LogP contribution >= 0.6 is 11.6 Å². The third-order valence-electron chi connectivity index (χ3n) is 2.70. The molecule has 18 heavy (non-hydrogen) atoms. The van der Waals surface area contributed by atoms with E-state index >= 15 is 0 Å². The number of anilines is 1. The number of aryl methyl sites for hydroxylation is 2. The Kier molecular flexibility index (Phi) is 3.67. The van der Waals surface area contributed by atoms with E-state index in [1.165, 1.54) is 9.80 Å². The summed E-state index contributed by atoms with van der Waals surface area (Å²) in [6.07, 6.45) is 3.35. The van der Waals surface area contributed by atoms with Crippen LogP contribution in [0.1, 0.15) is 11.1 Å². The van der Waals surface area contributed by atoms with Crippen LogP contribution in [0, 0.1) is 13.8 Å². The molecule has 0 unspecified atom stereocenters. The molecule has 0 atom stereocenters. The maximum Gasteiger partial charge on any atom is 0.262 e. The van der Waals surface area contributed by atoms with Gasteiger partial charge in [-0.05, 0) is 31.0 Å². The second kappa shape index (κ2) is 5.23. The van der Waals surface area contributed by atoms with E-state index in [-0.39, 0.29) is 11.8 Å². The van der Waals surface area contributed by atoms with E-state index < -0.39 is 0 Å². The molecule has 1 heterocycles. The van der Waals surface area contributed by atoms with Crippen LogP contribution in [0.3, 0.4) is 0 Å². The van der Waals surface area contributed by atoms with Crippen molar-refractivity contribution >= 4 is 23.2 Å². The van der Waals surface area contributed by atoms with Crippen LogP contribution in [-0.4, -0.2) is 21.7 Å². The average Bonchev–Trinajstić information content (AvgIpc) is 2.86. The molecule has 5 heteroatoms. The molecule has 0 aliphatic carbocycles. The van der Waals surface area contributed by atoms with Gasteiger partial charge in [-0.25, -0.2) is 0 Å². The lowest BCUT2D eigenvalue weighted by Crippen LogP contribution is -2.38. The summed E-state index contributed by atoms with van der Waals surface area (Å²) in [5.41, 5.74) is 2.83. The Morgan fingerprint density at radius 2 is 2.00 bits per heavy atom. The first kappa shape index (κ1) is 12.6. The molecule has 0 N–H and O–H groups in total. The highest BCUT2D eigenvalue weighted by Crippen LogP contribution is 2.25. The van der Waals surface area contributed by atoms with Crippen molar-refractivity contribution in [2.75, 3.05) is 10.9 Å². The fourth-order valence-electron chi connectivity index (χ4n) is 1.92. The van der Waals surface area contributed by atoms with E-state index in [4.69, 9.17) is 11.6 Å². The molecule has 0 aliphatic rings. The standard InChI is InChI=1S/C13H14ClN3O/c1-10-5-3-6-11(2)13(10)17(12(18)9-14)16-8-4-7-15-16/h3-8H,9H2,1-2H3. The number of carbonyl (C=O) groups is 1. The van der Waals surface area contributed by atoms with Gasteiger partial charge in [0.05, 0.1) is 11.9 Å². The van der Waals surface area contributed by atoms with E-state index in [2.05, 4.69) is 5.10 Å². The first-order chi connectivity index (χ1) is 8.65. The quantitative estimate of drug-likeness (QED) is 0.798. The minimum absolute atomic E-state index is 0.0896. The lowest BCUT2D eigenvalue weighted by Gasteiger charge is -2.25. The van der Waals surface area contributed by atoms with Crippen molar-refractivity contribution < 1.29 is 4.79 Å². The number of rotatable bonds is 3. The smallest absolute Gasteiger partial charge is 0.262 e. The lowest BCUT2D eigenvalue weighted by atomic mass is 10.1. The van der Waals surface area contributed by atoms with Crippen LogP contribution in [0.2, 0.25) is 0 Å². The van der Waals surface area contributed by atoms with Crippen molar-refractivity contribution in [2.45, 2.75) is 13.8 Å². The number of hydrogen-bond donors (Lipinski definition) is 0. The topological polar surface area (TPSA) is 38.1 Å². The number of benzene rings is 1. The normalized spacial score (nSPS) is 10.4. The minimum atomic E-state index is -0.210. The molecule has 0 saturated heterocycles. The number of aromatic nitrogens is 2. The highest BCUT2D eigenvalue weighted by molar-refractivity contribution is 6.29. The van der Waals surface area contributed by atoms with Crippen molar-refractivity contribution in [3.8, 4) is 0 Å². The number of nitrogens with zero attached hydrogens (tertiary/aromatic N) is 3. The van der Waals surface area contributed by atoms with Gasteiger partial charge in [0, 0.05) is 6.20 Å². The third kappa shape index (κ3) is 2.24. The van der Waals surface area contributed by atoms with Crippen LogP contribution in [0.25, 0.3) is 0 Å². The Morgan fingerprint density at radius 1 is 1.33 bits per heavy atom. The average molecular weight is 264 g/mol. The molecule has 0 fully saturated rings. The van der Waals surface area contributed by atoms with E-state index in [0.29, 0.717) is 0 Å². The second-order valence-electron chi connectivity index (χ2n) is 4.01. The van der Waals surface area contributed by atoms with Gasteiger partial charge in [0.25, 0.3) is 5.91 Å². The molecule has 2 rings (SSSR count). The van der Waals surface area contributed by atoms with Crippen LogP contribution in [-0.2, 0) is 4.79 Å². The molecule has 0 saturated carbocycles. The maximum atomic E-state index is 12.0. The zero-order chi connectivity index (χ0) is 13.1. The van der Waals surface area contributed by atoms with Crippen LogP contribution in [0.4, 0.5) is 5.69 Å². The van der Waals surface area contributed by atoms with Gasteiger partial charge in [-0.2, -0.15) is 14.9 Å². The summed E-state index contributed by atoms with van der Waals surface area (Å²) in [4.78, 5) is 13.5. The van der Waals surface area contributed by atoms with E-state index in [1.807, 2.05) is 32.0 Å². The van der Waals surface area contributed by atoms with Gasteiger partial charge in [-0.1, -0.05) is 18.2 Å². The number of hydrogen-bond acceptors (Lipinski definition) is 2. The fraction of sp³-hybridized carbons (Fsp3) is 0.231. The summed E-state index contributed by atoms with van der Waals surface area (Å²) in [6.45, 7) is 3.92. The Morgan fingerprint density at radius 3 is 2.50 bits per heavy atom. The predicted molar refractivity (Wildman–Crippen MR) is 71.7 cm³/mol. The molecule has 1 amide bonds. The Labute approximate surface area is 111 Å². The van der Waals surface area contributed by atoms with Crippen LogP contribution in [0.5, 0.6) is 0 Å². The molecular weight excluding hydrogens is 250 g/mol. The van der Waals surface area contributed by atoms with Crippen molar-refractivity contribution in [1.82, 2.24) is 9.89 Å². The molecule has 0 aliphatic heterocycles. The third-order valence-corrected chi connectivity index (χ3v) is 2.93. The molecule has 1 aromatic carbocycles. The number of carbonyl (C=O) groups excluding carboxylic acids is 1. The molecule has 94 valence electrons. The maximum absolute atomic E-state index is 12.0. The molecule has 1 aromatic heterocycles. The molecule has 0 bridgehead atoms. The zero-order valence-corrected chi connectivity index (χ0v) is 11.1. The zero-order valence-electron chi connectivity index (χ0n) is 10.3. The summed E-state index contributed by atoms with van der Waals surface area (Å²) in [7, 11) is 0. The second-order valence-corrected chi connectivity index (χ2v) is 4.27. The molecule has 0 radical (unpaired) electrons. The van der Waals surface area contributed by atoms with Gasteiger partial charge in [0.15, 0.2) is 0 Å². The lowest BCUT2D eigenvalue weighted by molar-refractivity contribution is -0.117. The van der Waals surface area contributed by atoms with Gasteiger partial charge in [0.2, 0.25) is 0 Å². The van der Waals surface area contributed by atoms with Crippen LogP contribution < -0.4 is 5.01 Å². The summed E-state index contributed by atoms with van der Waals surface area (Å²) in [5, 5.41) is 5.61. The van der Waals surface area contributed by atoms with Gasteiger partial charge in [0.1, 0.15) is 5.88 Å². The highest BCUT2D eigenvalue weighted by Gasteiger charge is 2.20. The SMILES string of the molecule is Cc1cccc(C)c1N(C(=O)CCl)n1cccn1. The Hall–Kier alpha value is -1.81. The first-order valence-corrected chi connectivity index (χ1v) is 6.13. The monoisotopic (exact) mass is 263 g/mol. The number of halogens is 1. The molecule has 4 nitrogen and oxygen atoms in total. The summed E-state index contributed by atoms with van der Waals surface area (Å²) in [5.74, 6) is -0.300. The van der Waals surface area contributed by atoms with E-state index in [0.717, 1.165) is 16.8 Å². The number of para-hydroxylation sites is 1. The van der Waals surface area contributed by atoms with Gasteiger partial charge in [-0.15, -0.1) is 11.6 Å². The predicted octanol–water partition coefficient (Wildman–Crippen LogP) is 2.54. The van der Waals surface area contributed by atoms with E-state index in [1.54, 1.807) is 18.5 Å². The first-order valence-electron chi connectivity index (χ1n) is 5.60.